The van der Waals surface area contributed by atoms with Gasteiger partial charge >= 0.3 is 0 Å². The second-order valence-corrected chi connectivity index (χ2v) is 11.6. The number of benzene rings is 2. The number of nitrogens with zero attached hydrogens (tertiary/aromatic N) is 9. The lowest BCUT2D eigenvalue weighted by Gasteiger charge is -2.32. The third kappa shape index (κ3) is 7.34. The van der Waals surface area contributed by atoms with Crippen molar-refractivity contribution < 1.29 is 30.1 Å². The lowest BCUT2D eigenvalue weighted by Crippen LogP contribution is -2.31. The van der Waals surface area contributed by atoms with Crippen LogP contribution in [0.15, 0.2) is 122 Å². The average Bonchev–Trinajstić information content (AvgIpc) is 3.09. The Morgan fingerprint density at radius 2 is 1.29 bits per heavy atom. The van der Waals surface area contributed by atoms with Crippen molar-refractivity contribution in [2.45, 2.75) is 27.7 Å². The summed E-state index contributed by atoms with van der Waals surface area (Å²) < 4.78 is 1.70. The summed E-state index contributed by atoms with van der Waals surface area (Å²) in [5.74, 6) is -1.83. The smallest absolute Gasteiger partial charge is 0.289 e. The number of aliphatic imine (C=N–C) groups is 1. The Hall–Kier alpha value is -7.09. The maximum absolute atomic E-state index is 10.7. The Balaban J connectivity index is 1.15. The Morgan fingerprint density at radius 3 is 1.92 bits per heavy atom. The van der Waals surface area contributed by atoms with Crippen molar-refractivity contribution in [1.82, 2.24) is 9.97 Å². The maximum atomic E-state index is 10.7. The molecule has 0 radical (unpaired) electrons. The highest BCUT2D eigenvalue weighted by Gasteiger charge is 2.24. The highest BCUT2D eigenvalue weighted by atomic mass is 16.3. The third-order valence-corrected chi connectivity index (χ3v) is 7.85. The second kappa shape index (κ2) is 14.2. The molecular formula is C37H33N9O5. The van der Waals surface area contributed by atoms with Crippen molar-refractivity contribution in [2.24, 2.45) is 25.4 Å². The predicted octanol–water partition coefficient (Wildman–Crippen LogP) is 8.41. The highest BCUT2D eigenvalue weighted by molar-refractivity contribution is 5.94. The standard InChI is InChI=1S/C37H33N9O5/c1-21-7-5-17-45(19-21)31-23(3)29(34(48)39-36(31)50)43-41-27-11-9-25(10-12-27)33(47)38-26-13-15-28(16-14-26)42-44-30-24(4)32(37(51)40-35(30)49)46-18-6-8-22(2)20-46/h5-20H,1-4H3,(H,38,47)(H2,39,48,50)(H2,40,49,51). The fraction of sp³-hybridized carbons (Fsp3) is 0.108. The summed E-state index contributed by atoms with van der Waals surface area (Å²) in [4.78, 5) is 13.7. The topological polar surface area (TPSA) is 196 Å². The van der Waals surface area contributed by atoms with Crippen molar-refractivity contribution in [2.75, 3.05) is 4.90 Å². The van der Waals surface area contributed by atoms with E-state index < -0.39 is 11.8 Å². The number of azo groups is 2. The summed E-state index contributed by atoms with van der Waals surface area (Å²) in [5, 5.41) is 69.2. The quantitative estimate of drug-likeness (QED) is 0.0353. The highest BCUT2D eigenvalue weighted by Crippen LogP contribution is 2.43. The number of aromatic nitrogens is 3. The van der Waals surface area contributed by atoms with Gasteiger partial charge in [-0.2, -0.15) is 30.3 Å². The summed E-state index contributed by atoms with van der Waals surface area (Å²) in [6.07, 6.45) is 9.09. The molecule has 256 valence electrons. The fourth-order valence-electron chi connectivity index (χ4n) is 5.30. The van der Waals surface area contributed by atoms with Gasteiger partial charge in [-0.25, -0.2) is 11.1 Å². The molecule has 0 bridgehead atoms. The van der Waals surface area contributed by atoms with E-state index in [1.54, 1.807) is 84.2 Å². The molecule has 0 spiro atoms. The zero-order valence-electron chi connectivity index (χ0n) is 28.0. The number of aliphatic hydroxyl groups excluding tert-OH is 1. The monoisotopic (exact) mass is 683 g/mol. The van der Waals surface area contributed by atoms with E-state index in [0.717, 1.165) is 11.1 Å². The molecule has 2 aromatic carbocycles. The SMILES string of the molecule is CC1=CC=CN(c2c(O)nc(O)c(N=Nc3ccc(N=C(O)c4ccc(N=Nc5c(O)nc(O)c(-[n+]6cccc(C)c6)c5C)cc4)cc3)c2C)[CH-]1. The van der Waals surface area contributed by atoms with Crippen molar-refractivity contribution in [3.63, 3.8) is 0 Å². The summed E-state index contributed by atoms with van der Waals surface area (Å²) in [5.41, 5.74) is 5.61. The molecule has 5 N–H and O–H groups in total. The Bertz CT molecular complexity index is 2280. The van der Waals surface area contributed by atoms with Gasteiger partial charge in [-0.1, -0.05) is 6.92 Å². The minimum absolute atomic E-state index is 0.103. The molecule has 1 aliphatic heterocycles. The Morgan fingerprint density at radius 1 is 0.706 bits per heavy atom. The first kappa shape index (κ1) is 33.8. The van der Waals surface area contributed by atoms with Gasteiger partial charge in [-0.3, -0.25) is 0 Å². The Kier molecular flexibility index (Phi) is 9.40. The number of hydrogen-bond donors (Lipinski definition) is 5. The van der Waals surface area contributed by atoms with E-state index in [4.69, 9.17) is 0 Å². The number of rotatable bonds is 8. The molecule has 14 nitrogen and oxygen atoms in total. The van der Waals surface area contributed by atoms with Crippen molar-refractivity contribution in [3.8, 4) is 29.2 Å². The van der Waals surface area contributed by atoms with Gasteiger partial charge in [0.25, 0.3) is 11.6 Å². The second-order valence-electron chi connectivity index (χ2n) is 11.6. The minimum atomic E-state index is -0.461. The molecule has 5 aromatic rings. The van der Waals surface area contributed by atoms with Crippen LogP contribution in [0.2, 0.25) is 0 Å². The molecule has 0 atom stereocenters. The molecule has 1 aliphatic rings. The van der Waals surface area contributed by atoms with Crippen LogP contribution in [0.1, 0.15) is 29.2 Å². The number of allylic oxidation sites excluding steroid dienone is 2. The maximum Gasteiger partial charge on any atom is 0.289 e. The molecule has 0 unspecified atom stereocenters. The number of hydrogen-bond acceptors (Lipinski definition) is 12. The van der Waals surface area contributed by atoms with Crippen LogP contribution in [0, 0.1) is 27.3 Å². The van der Waals surface area contributed by atoms with E-state index in [9.17, 15) is 25.5 Å². The molecule has 51 heavy (non-hydrogen) atoms. The van der Waals surface area contributed by atoms with Gasteiger partial charge in [-0.05, 0) is 81.6 Å². The van der Waals surface area contributed by atoms with Crippen LogP contribution in [-0.2, 0) is 0 Å². The fourth-order valence-corrected chi connectivity index (χ4v) is 5.30. The molecule has 0 saturated carbocycles. The average molecular weight is 684 g/mol. The van der Waals surface area contributed by atoms with Crippen LogP contribution in [0.25, 0.3) is 5.69 Å². The van der Waals surface area contributed by atoms with E-state index in [1.165, 1.54) is 0 Å². The number of aryl methyl sites for hydroxylation is 1. The van der Waals surface area contributed by atoms with Crippen LogP contribution < -0.4 is 9.47 Å². The van der Waals surface area contributed by atoms with Crippen LogP contribution in [0.4, 0.5) is 34.1 Å². The summed E-state index contributed by atoms with van der Waals surface area (Å²) >= 11 is 0. The number of aliphatic hydroxyl groups is 1. The number of pyridine rings is 3. The van der Waals surface area contributed by atoms with Crippen molar-refractivity contribution in [3.05, 3.63) is 126 Å². The summed E-state index contributed by atoms with van der Waals surface area (Å²) in [6, 6.07) is 16.8. The van der Waals surface area contributed by atoms with E-state index in [-0.39, 0.29) is 29.0 Å². The first-order chi connectivity index (χ1) is 24.5. The summed E-state index contributed by atoms with van der Waals surface area (Å²) in [6.45, 7) is 9.07. The van der Waals surface area contributed by atoms with Gasteiger partial charge in [0.05, 0.1) is 28.3 Å². The summed E-state index contributed by atoms with van der Waals surface area (Å²) in [7, 11) is 0. The third-order valence-electron chi connectivity index (χ3n) is 7.85. The molecule has 3 aromatic heterocycles. The molecular weight excluding hydrogens is 650 g/mol. The van der Waals surface area contributed by atoms with Crippen molar-refractivity contribution in [1.29, 1.82) is 0 Å². The van der Waals surface area contributed by atoms with Crippen LogP contribution >= 0.6 is 0 Å². The molecule has 0 aliphatic carbocycles. The van der Waals surface area contributed by atoms with Gasteiger partial charge in [-0.15, -0.1) is 22.8 Å². The molecule has 0 saturated heterocycles. The van der Waals surface area contributed by atoms with Crippen LogP contribution in [0.3, 0.4) is 0 Å². The van der Waals surface area contributed by atoms with E-state index in [0.29, 0.717) is 45.1 Å². The van der Waals surface area contributed by atoms with Crippen molar-refractivity contribution >= 4 is 40.0 Å². The van der Waals surface area contributed by atoms with Gasteiger partial charge in [0.15, 0.2) is 23.8 Å². The zero-order chi connectivity index (χ0) is 36.2. The molecule has 0 amide bonds. The van der Waals surface area contributed by atoms with E-state index >= 15 is 0 Å². The van der Waals surface area contributed by atoms with E-state index in [2.05, 4.69) is 35.4 Å². The number of anilines is 1. The largest absolute Gasteiger partial charge is 0.493 e. The van der Waals surface area contributed by atoms with Crippen LogP contribution in [-0.4, -0.2) is 41.4 Å². The zero-order valence-corrected chi connectivity index (χ0v) is 28.0. The molecule has 0 fully saturated rings. The van der Waals surface area contributed by atoms with Gasteiger partial charge < -0.3 is 30.4 Å². The van der Waals surface area contributed by atoms with Gasteiger partial charge in [0, 0.05) is 22.8 Å². The lowest BCUT2D eigenvalue weighted by molar-refractivity contribution is -0.597. The number of aromatic hydroxyl groups is 4. The van der Waals surface area contributed by atoms with Gasteiger partial charge in [0.2, 0.25) is 23.5 Å². The first-order valence-corrected chi connectivity index (χ1v) is 15.6. The Labute approximate surface area is 292 Å². The van der Waals surface area contributed by atoms with E-state index in [1.807, 2.05) is 50.9 Å². The first-order valence-electron chi connectivity index (χ1n) is 15.6. The van der Waals surface area contributed by atoms with Crippen LogP contribution in [0.5, 0.6) is 23.5 Å². The normalized spacial score (nSPS) is 13.2. The lowest BCUT2D eigenvalue weighted by atomic mass is 10.1. The molecule has 14 heteroatoms. The predicted molar refractivity (Wildman–Crippen MR) is 191 cm³/mol. The molecule has 6 rings (SSSR count). The molecule has 4 heterocycles. The minimum Gasteiger partial charge on any atom is -0.493 e. The van der Waals surface area contributed by atoms with Gasteiger partial charge in [0.1, 0.15) is 0 Å².